The maximum atomic E-state index is 14.7. The lowest BCUT2D eigenvalue weighted by Gasteiger charge is -2.30. The molecule has 0 bridgehead atoms. The van der Waals surface area contributed by atoms with E-state index in [1.54, 1.807) is 24.9 Å². The van der Waals surface area contributed by atoms with Crippen molar-refractivity contribution in [3.05, 3.63) is 41.0 Å². The molecule has 3 heterocycles. The van der Waals surface area contributed by atoms with E-state index in [1.165, 1.54) is 11.3 Å². The van der Waals surface area contributed by atoms with Gasteiger partial charge in [0.2, 0.25) is 0 Å². The minimum Gasteiger partial charge on any atom is -0.495 e. The van der Waals surface area contributed by atoms with Gasteiger partial charge in [0.15, 0.2) is 0 Å². The second-order valence-electron chi connectivity index (χ2n) is 6.78. The molecule has 0 aliphatic carbocycles. The number of thiophene rings is 1. The third-order valence-electron chi connectivity index (χ3n) is 4.63. The molecule has 1 atom stereocenters. The zero-order valence-electron chi connectivity index (χ0n) is 14.8. The highest BCUT2D eigenvalue weighted by Crippen LogP contribution is 2.42. The van der Waals surface area contributed by atoms with Gasteiger partial charge in [-0.3, -0.25) is 4.99 Å². The fourth-order valence-electron chi connectivity index (χ4n) is 3.03. The maximum Gasteiger partial charge on any atom is 0.142 e. The van der Waals surface area contributed by atoms with Crippen molar-refractivity contribution in [2.75, 3.05) is 12.9 Å². The van der Waals surface area contributed by atoms with Gasteiger partial charge in [-0.2, -0.15) is 0 Å². The van der Waals surface area contributed by atoms with Crippen LogP contribution < -0.4 is 10.5 Å². The Kier molecular flexibility index (Phi) is 4.23. The molecule has 3 N–H and O–H groups in total. The third-order valence-corrected chi connectivity index (χ3v) is 7.29. The number of amidine groups is 1. The molecular weight excluding hydrogens is 369 g/mol. The number of fused-ring (bicyclic) bond motifs is 1. The summed E-state index contributed by atoms with van der Waals surface area (Å²) in [7, 11) is 1.64. The fourth-order valence-corrected chi connectivity index (χ4v) is 5.20. The highest BCUT2D eigenvalue weighted by atomic mass is 32.2. The Morgan fingerprint density at radius 1 is 1.35 bits per heavy atom. The van der Waals surface area contributed by atoms with E-state index in [2.05, 4.69) is 9.98 Å². The molecular formula is C19H20FN3OS2. The van der Waals surface area contributed by atoms with Crippen molar-refractivity contribution in [3.63, 3.8) is 0 Å². The van der Waals surface area contributed by atoms with Crippen molar-refractivity contribution < 1.29 is 9.13 Å². The molecule has 7 heteroatoms. The largest absolute Gasteiger partial charge is 0.495 e. The molecule has 0 saturated carbocycles. The van der Waals surface area contributed by atoms with E-state index in [-0.39, 0.29) is 16.6 Å². The molecule has 26 heavy (non-hydrogen) atoms. The van der Waals surface area contributed by atoms with Gasteiger partial charge in [0.1, 0.15) is 17.4 Å². The van der Waals surface area contributed by atoms with Crippen molar-refractivity contribution in [2.45, 2.75) is 24.6 Å². The molecule has 0 saturated heterocycles. The first kappa shape index (κ1) is 17.4. The zero-order chi connectivity index (χ0) is 18.5. The predicted octanol–water partition coefficient (Wildman–Crippen LogP) is 4.97. The summed E-state index contributed by atoms with van der Waals surface area (Å²) >= 11 is 3.14. The van der Waals surface area contributed by atoms with E-state index < -0.39 is 0 Å². The van der Waals surface area contributed by atoms with Crippen molar-refractivity contribution in [1.82, 2.24) is 4.98 Å². The van der Waals surface area contributed by atoms with E-state index in [9.17, 15) is 4.39 Å². The monoisotopic (exact) mass is 389 g/mol. The summed E-state index contributed by atoms with van der Waals surface area (Å²) in [6.07, 6.45) is 0. The van der Waals surface area contributed by atoms with E-state index >= 15 is 0 Å². The first-order valence-corrected chi connectivity index (χ1v) is 10.1. The van der Waals surface area contributed by atoms with Gasteiger partial charge in [-0.15, -0.1) is 23.1 Å². The highest BCUT2D eigenvalue weighted by Gasteiger charge is 2.32. The number of methoxy groups -OCH3 is 1. The van der Waals surface area contributed by atoms with Gasteiger partial charge in [0.25, 0.3) is 0 Å². The summed E-state index contributed by atoms with van der Waals surface area (Å²) in [6, 6.07) is 9.22. The van der Waals surface area contributed by atoms with Crippen LogP contribution in [0.25, 0.3) is 21.5 Å². The topological polar surface area (TPSA) is 63.4 Å². The number of aromatic amines is 1. The first-order valence-electron chi connectivity index (χ1n) is 8.32. The lowest BCUT2D eigenvalue weighted by atomic mass is 10.1. The number of nitrogens with zero attached hydrogens (tertiary/aromatic N) is 1. The molecule has 0 spiro atoms. The van der Waals surface area contributed by atoms with E-state index in [1.807, 2.05) is 38.1 Å². The zero-order valence-corrected chi connectivity index (χ0v) is 16.4. The molecule has 0 fully saturated rings. The number of aliphatic imine (C=N–C) groups is 1. The molecule has 0 amide bonds. The first-order chi connectivity index (χ1) is 12.4. The number of aromatic nitrogens is 1. The van der Waals surface area contributed by atoms with Crippen LogP contribution in [-0.4, -0.2) is 28.4 Å². The molecule has 1 aliphatic rings. The Morgan fingerprint density at radius 3 is 2.88 bits per heavy atom. The van der Waals surface area contributed by atoms with Crippen LogP contribution in [0.4, 0.5) is 4.39 Å². The van der Waals surface area contributed by atoms with Crippen LogP contribution in [0.5, 0.6) is 5.75 Å². The number of nitrogens with two attached hydrogens (primary N) is 1. The second kappa shape index (κ2) is 6.32. The van der Waals surface area contributed by atoms with Gasteiger partial charge in [0.05, 0.1) is 38.9 Å². The molecule has 3 aromatic rings. The van der Waals surface area contributed by atoms with Crippen LogP contribution in [0.15, 0.2) is 35.3 Å². The summed E-state index contributed by atoms with van der Waals surface area (Å²) in [4.78, 5) is 9.39. The van der Waals surface area contributed by atoms with Crippen molar-refractivity contribution in [1.29, 1.82) is 0 Å². The number of hydrogen-bond acceptors (Lipinski definition) is 5. The van der Waals surface area contributed by atoms with Crippen LogP contribution >= 0.6 is 23.1 Å². The number of benzene rings is 1. The van der Waals surface area contributed by atoms with Crippen LogP contribution in [0, 0.1) is 5.82 Å². The molecule has 136 valence electrons. The highest BCUT2D eigenvalue weighted by molar-refractivity contribution is 8.01. The van der Waals surface area contributed by atoms with Gasteiger partial charge in [-0.05, 0) is 32.0 Å². The van der Waals surface area contributed by atoms with Crippen LogP contribution in [0.2, 0.25) is 0 Å². The minimum atomic E-state index is -0.231. The molecule has 4 nitrogen and oxygen atoms in total. The Hall–Kier alpha value is -1.99. The average Bonchev–Trinajstić information content (AvgIpc) is 3.20. The summed E-state index contributed by atoms with van der Waals surface area (Å²) in [5, 5.41) is 1.03. The van der Waals surface area contributed by atoms with Gasteiger partial charge >= 0.3 is 0 Å². The summed E-state index contributed by atoms with van der Waals surface area (Å²) in [5.41, 5.74) is 7.87. The summed E-state index contributed by atoms with van der Waals surface area (Å²) < 4.78 is 19.9. The molecule has 4 rings (SSSR count). The summed E-state index contributed by atoms with van der Waals surface area (Å²) in [5.74, 6) is 1.85. The molecule has 2 aromatic heterocycles. The number of thioether (sulfide) groups is 1. The van der Waals surface area contributed by atoms with Gasteiger partial charge in [-0.1, -0.05) is 12.1 Å². The van der Waals surface area contributed by atoms with Gasteiger partial charge in [0, 0.05) is 11.1 Å². The minimum absolute atomic E-state index is 0.194. The third kappa shape index (κ3) is 2.89. The van der Waals surface area contributed by atoms with Crippen LogP contribution in [-0.2, 0) is 0 Å². The van der Waals surface area contributed by atoms with E-state index in [0.29, 0.717) is 10.7 Å². The van der Waals surface area contributed by atoms with Crippen molar-refractivity contribution in [3.8, 4) is 16.3 Å². The number of ether oxygens (including phenoxy) is 1. The smallest absolute Gasteiger partial charge is 0.142 e. The van der Waals surface area contributed by atoms with E-state index in [0.717, 1.165) is 33.0 Å². The number of hydrogen-bond donors (Lipinski definition) is 2. The quantitative estimate of drug-likeness (QED) is 0.665. The lowest BCUT2D eigenvalue weighted by Crippen LogP contribution is -2.39. The number of H-pyrrole nitrogens is 1. The average molecular weight is 390 g/mol. The maximum absolute atomic E-state index is 14.7. The molecule has 0 radical (unpaired) electrons. The number of para-hydroxylation sites is 1. The number of nitrogens with one attached hydrogen (secondary N) is 1. The molecule has 1 aliphatic heterocycles. The Bertz CT molecular complexity index is 1010. The van der Waals surface area contributed by atoms with E-state index in [4.69, 9.17) is 10.5 Å². The molecule has 1 aromatic carbocycles. The Labute approximate surface area is 159 Å². The normalized spacial score (nSPS) is 19.5. The standard InChI is InChI=1S/C19H20FN3OS2/c1-19(2)18(21)23-13(9-25-19)17-11(20)8-15(26-17)12-7-10-5-4-6-14(24-3)16(10)22-12/h4-8,13,22H,9H2,1-3H3,(H2,21,23). The number of rotatable bonds is 3. The predicted molar refractivity (Wildman–Crippen MR) is 109 cm³/mol. The van der Waals surface area contributed by atoms with Crippen LogP contribution in [0.3, 0.4) is 0 Å². The molecule has 1 unspecified atom stereocenters. The number of halogens is 1. The summed E-state index contributed by atoms with van der Waals surface area (Å²) in [6.45, 7) is 4.08. The van der Waals surface area contributed by atoms with Crippen molar-refractivity contribution in [2.24, 2.45) is 10.7 Å². The van der Waals surface area contributed by atoms with Gasteiger partial charge in [-0.25, -0.2) is 4.39 Å². The van der Waals surface area contributed by atoms with Crippen LogP contribution in [0.1, 0.15) is 24.8 Å². The fraction of sp³-hybridized carbons (Fsp3) is 0.316. The Morgan fingerprint density at radius 2 is 2.15 bits per heavy atom. The lowest BCUT2D eigenvalue weighted by molar-refractivity contribution is 0.419. The van der Waals surface area contributed by atoms with Crippen molar-refractivity contribution >= 4 is 39.8 Å². The Balaban J connectivity index is 1.73. The van der Waals surface area contributed by atoms with Gasteiger partial charge < -0.3 is 15.5 Å². The SMILES string of the molecule is COc1cccc2cc(-c3cc(F)c(C4CSC(C)(C)C(N)=N4)s3)[nH]c12. The second-order valence-corrected chi connectivity index (χ2v) is 9.51.